The molecule has 19 heavy (non-hydrogen) atoms. The molecule has 0 radical (unpaired) electrons. The van der Waals surface area contributed by atoms with Gasteiger partial charge in [0.15, 0.2) is 11.6 Å². The van der Waals surface area contributed by atoms with Gasteiger partial charge in [0.2, 0.25) is 0 Å². The summed E-state index contributed by atoms with van der Waals surface area (Å²) in [5, 5.41) is 3.07. The first-order valence-corrected chi connectivity index (χ1v) is 5.96. The highest BCUT2D eigenvalue weighted by Crippen LogP contribution is 2.19. The van der Waals surface area contributed by atoms with E-state index in [0.29, 0.717) is 5.69 Å². The van der Waals surface area contributed by atoms with E-state index < -0.39 is 11.6 Å². The first-order valence-electron chi connectivity index (χ1n) is 5.96. The van der Waals surface area contributed by atoms with Crippen LogP contribution in [-0.2, 0) is 6.61 Å². The minimum Gasteiger partial charge on any atom is -0.484 e. The Morgan fingerprint density at radius 2 is 2.05 bits per heavy atom. The van der Waals surface area contributed by atoms with Gasteiger partial charge in [-0.05, 0) is 31.2 Å². The summed E-state index contributed by atoms with van der Waals surface area (Å²) in [6, 6.07) is 8.52. The van der Waals surface area contributed by atoms with Gasteiger partial charge in [-0.2, -0.15) is 0 Å². The van der Waals surface area contributed by atoms with Gasteiger partial charge in [0.05, 0.1) is 5.69 Å². The fourth-order valence-electron chi connectivity index (χ4n) is 1.58. The standard InChI is InChI=1S/C14H14F2N2O/c1-2-17-14-5-3-4-11(18-14)9-19-13-8-10(15)6-7-12(13)16/h3-8H,2,9H2,1H3,(H,17,18). The quantitative estimate of drug-likeness (QED) is 0.899. The van der Waals surface area contributed by atoms with E-state index in [1.54, 1.807) is 6.07 Å². The van der Waals surface area contributed by atoms with Gasteiger partial charge in [-0.3, -0.25) is 0 Å². The Hall–Kier alpha value is -2.17. The second-order valence-electron chi connectivity index (χ2n) is 3.91. The highest BCUT2D eigenvalue weighted by atomic mass is 19.1. The lowest BCUT2D eigenvalue weighted by Crippen LogP contribution is -2.04. The number of halogens is 2. The van der Waals surface area contributed by atoms with Crippen LogP contribution in [0.15, 0.2) is 36.4 Å². The lowest BCUT2D eigenvalue weighted by molar-refractivity contribution is 0.284. The zero-order valence-corrected chi connectivity index (χ0v) is 10.5. The molecule has 0 atom stereocenters. The smallest absolute Gasteiger partial charge is 0.165 e. The van der Waals surface area contributed by atoms with Gasteiger partial charge < -0.3 is 10.1 Å². The summed E-state index contributed by atoms with van der Waals surface area (Å²) in [4.78, 5) is 4.28. The number of rotatable bonds is 5. The Bertz CT molecular complexity index is 561. The largest absolute Gasteiger partial charge is 0.484 e. The topological polar surface area (TPSA) is 34.1 Å². The molecule has 0 aliphatic rings. The fourth-order valence-corrected chi connectivity index (χ4v) is 1.58. The van der Waals surface area contributed by atoms with Crippen LogP contribution in [-0.4, -0.2) is 11.5 Å². The SMILES string of the molecule is CCNc1cccc(COc2cc(F)ccc2F)n1. The second-order valence-corrected chi connectivity index (χ2v) is 3.91. The predicted octanol–water partition coefficient (Wildman–Crippen LogP) is 3.37. The molecule has 0 saturated carbocycles. The van der Waals surface area contributed by atoms with Crippen molar-refractivity contribution in [3.63, 3.8) is 0 Å². The van der Waals surface area contributed by atoms with Crippen molar-refractivity contribution in [1.82, 2.24) is 4.98 Å². The third-order valence-corrected chi connectivity index (χ3v) is 2.43. The Labute approximate surface area is 110 Å². The Balaban J connectivity index is 2.05. The molecular weight excluding hydrogens is 250 g/mol. The van der Waals surface area contributed by atoms with E-state index in [1.807, 2.05) is 19.1 Å². The van der Waals surface area contributed by atoms with Crippen molar-refractivity contribution in [2.75, 3.05) is 11.9 Å². The second kappa shape index (κ2) is 6.13. The maximum atomic E-state index is 13.3. The van der Waals surface area contributed by atoms with Gasteiger partial charge in [-0.1, -0.05) is 6.07 Å². The maximum absolute atomic E-state index is 13.3. The van der Waals surface area contributed by atoms with Crippen molar-refractivity contribution < 1.29 is 13.5 Å². The molecule has 0 saturated heterocycles. The number of anilines is 1. The highest BCUT2D eigenvalue weighted by Gasteiger charge is 2.06. The molecule has 2 aromatic rings. The molecule has 0 aliphatic carbocycles. The van der Waals surface area contributed by atoms with Gasteiger partial charge in [0.1, 0.15) is 18.2 Å². The Kier molecular flexibility index (Phi) is 4.28. The van der Waals surface area contributed by atoms with Crippen molar-refractivity contribution in [1.29, 1.82) is 0 Å². The van der Waals surface area contributed by atoms with Crippen molar-refractivity contribution in [3.8, 4) is 5.75 Å². The van der Waals surface area contributed by atoms with Gasteiger partial charge in [-0.25, -0.2) is 13.8 Å². The molecule has 1 N–H and O–H groups in total. The molecule has 3 nitrogen and oxygen atoms in total. The van der Waals surface area contributed by atoms with Crippen LogP contribution >= 0.6 is 0 Å². The summed E-state index contributed by atoms with van der Waals surface area (Å²) < 4.78 is 31.5. The third kappa shape index (κ3) is 3.64. The minimum atomic E-state index is -0.593. The van der Waals surface area contributed by atoms with Crippen molar-refractivity contribution in [3.05, 3.63) is 53.7 Å². The molecule has 1 aromatic heterocycles. The normalized spacial score (nSPS) is 10.3. The molecule has 2 rings (SSSR count). The molecular formula is C14H14F2N2O. The summed E-state index contributed by atoms with van der Waals surface area (Å²) in [5.41, 5.74) is 0.641. The van der Waals surface area contributed by atoms with E-state index in [-0.39, 0.29) is 12.4 Å². The number of hydrogen-bond acceptors (Lipinski definition) is 3. The molecule has 0 fully saturated rings. The summed E-state index contributed by atoms with van der Waals surface area (Å²) in [6.07, 6.45) is 0. The number of aromatic nitrogens is 1. The van der Waals surface area contributed by atoms with Crippen molar-refractivity contribution in [2.24, 2.45) is 0 Å². The molecule has 100 valence electrons. The molecule has 0 spiro atoms. The number of nitrogens with zero attached hydrogens (tertiary/aromatic N) is 1. The van der Waals surface area contributed by atoms with Crippen LogP contribution in [0.2, 0.25) is 0 Å². The molecule has 1 heterocycles. The highest BCUT2D eigenvalue weighted by molar-refractivity contribution is 5.35. The monoisotopic (exact) mass is 264 g/mol. The van der Waals surface area contributed by atoms with E-state index >= 15 is 0 Å². The van der Waals surface area contributed by atoms with Gasteiger partial charge in [-0.15, -0.1) is 0 Å². The van der Waals surface area contributed by atoms with Crippen LogP contribution in [0.25, 0.3) is 0 Å². The Morgan fingerprint density at radius 3 is 2.84 bits per heavy atom. The average Bonchev–Trinajstić information content (AvgIpc) is 2.41. The summed E-state index contributed by atoms with van der Waals surface area (Å²) in [7, 11) is 0. The Morgan fingerprint density at radius 1 is 1.21 bits per heavy atom. The van der Waals surface area contributed by atoms with Crippen LogP contribution in [0.5, 0.6) is 5.75 Å². The number of ether oxygens (including phenoxy) is 1. The fraction of sp³-hybridized carbons (Fsp3) is 0.214. The van der Waals surface area contributed by atoms with Crippen LogP contribution < -0.4 is 10.1 Å². The van der Waals surface area contributed by atoms with E-state index in [2.05, 4.69) is 10.3 Å². The number of benzene rings is 1. The minimum absolute atomic E-state index is 0.0829. The van der Waals surface area contributed by atoms with Crippen LogP contribution in [0.4, 0.5) is 14.6 Å². The summed E-state index contributed by atoms with van der Waals surface area (Å²) in [6.45, 7) is 2.81. The predicted molar refractivity (Wildman–Crippen MR) is 69.1 cm³/mol. The lowest BCUT2D eigenvalue weighted by Gasteiger charge is -2.08. The first kappa shape index (κ1) is 13.3. The maximum Gasteiger partial charge on any atom is 0.165 e. The summed E-state index contributed by atoms with van der Waals surface area (Å²) in [5.74, 6) is -0.519. The zero-order valence-electron chi connectivity index (χ0n) is 10.5. The summed E-state index contributed by atoms with van der Waals surface area (Å²) >= 11 is 0. The van der Waals surface area contributed by atoms with E-state index in [1.165, 1.54) is 0 Å². The number of pyridine rings is 1. The average molecular weight is 264 g/mol. The molecule has 5 heteroatoms. The van der Waals surface area contributed by atoms with Crippen LogP contribution in [0.1, 0.15) is 12.6 Å². The number of hydrogen-bond donors (Lipinski definition) is 1. The molecule has 1 aromatic carbocycles. The zero-order chi connectivity index (χ0) is 13.7. The molecule has 0 amide bonds. The molecule has 0 unspecified atom stereocenters. The van der Waals surface area contributed by atoms with Gasteiger partial charge in [0, 0.05) is 12.6 Å². The van der Waals surface area contributed by atoms with Crippen molar-refractivity contribution in [2.45, 2.75) is 13.5 Å². The van der Waals surface area contributed by atoms with Gasteiger partial charge >= 0.3 is 0 Å². The lowest BCUT2D eigenvalue weighted by atomic mass is 10.3. The van der Waals surface area contributed by atoms with Gasteiger partial charge in [0.25, 0.3) is 0 Å². The van der Waals surface area contributed by atoms with Crippen LogP contribution in [0, 0.1) is 11.6 Å². The molecule has 0 bridgehead atoms. The third-order valence-electron chi connectivity index (χ3n) is 2.43. The van der Waals surface area contributed by atoms with E-state index in [4.69, 9.17) is 4.74 Å². The van der Waals surface area contributed by atoms with Crippen LogP contribution in [0.3, 0.4) is 0 Å². The van der Waals surface area contributed by atoms with E-state index in [0.717, 1.165) is 30.6 Å². The van der Waals surface area contributed by atoms with E-state index in [9.17, 15) is 8.78 Å². The number of nitrogens with one attached hydrogen (secondary N) is 1. The van der Waals surface area contributed by atoms with Crippen molar-refractivity contribution >= 4 is 5.82 Å². The molecule has 0 aliphatic heterocycles. The first-order chi connectivity index (χ1) is 9.19.